The number of hydrogen-bond donors (Lipinski definition) is 2. The van der Waals surface area contributed by atoms with Gasteiger partial charge in [-0.15, -0.1) is 0 Å². The Morgan fingerprint density at radius 3 is 3.05 bits per heavy atom. The molecule has 21 heavy (non-hydrogen) atoms. The number of nitrogens with one attached hydrogen (secondary N) is 2. The maximum atomic E-state index is 13.7. The first-order valence-electron chi connectivity index (χ1n) is 7.57. The minimum Gasteiger partial charge on any atom is -0.374 e. The number of ether oxygens (including phenoxy) is 1. The Hall–Kier alpha value is -1.47. The molecule has 1 saturated heterocycles. The van der Waals surface area contributed by atoms with Crippen molar-refractivity contribution in [1.82, 2.24) is 14.9 Å². The Balaban J connectivity index is 1.89. The molecule has 118 valence electrons. The first-order valence-corrected chi connectivity index (χ1v) is 7.57. The first-order chi connectivity index (χ1) is 10.2. The van der Waals surface area contributed by atoms with E-state index in [1.165, 1.54) is 6.20 Å². The van der Waals surface area contributed by atoms with Crippen molar-refractivity contribution in [3.8, 4) is 0 Å². The summed E-state index contributed by atoms with van der Waals surface area (Å²) in [5.41, 5.74) is 0. The normalized spacial score (nSPS) is 19.5. The Bertz CT molecular complexity index is 445. The molecule has 0 amide bonds. The molecule has 1 aromatic heterocycles. The van der Waals surface area contributed by atoms with Crippen LogP contribution in [0.1, 0.15) is 20.3 Å². The Kier molecular flexibility index (Phi) is 6.13. The largest absolute Gasteiger partial charge is 0.374 e. The Morgan fingerprint density at radius 2 is 2.29 bits per heavy atom. The Morgan fingerprint density at radius 1 is 1.43 bits per heavy atom. The smallest absolute Gasteiger partial charge is 0.224 e. The summed E-state index contributed by atoms with van der Waals surface area (Å²) in [5, 5.41) is 6.07. The zero-order valence-electron chi connectivity index (χ0n) is 12.7. The molecule has 1 aliphatic heterocycles. The van der Waals surface area contributed by atoms with Gasteiger partial charge in [0.2, 0.25) is 5.95 Å². The second kappa shape index (κ2) is 8.09. The highest BCUT2D eigenvalue weighted by Crippen LogP contribution is 2.13. The van der Waals surface area contributed by atoms with E-state index in [1.54, 1.807) is 0 Å². The molecule has 1 unspecified atom stereocenters. The zero-order chi connectivity index (χ0) is 15.1. The molecule has 0 radical (unpaired) electrons. The van der Waals surface area contributed by atoms with Crippen molar-refractivity contribution in [3.63, 3.8) is 0 Å². The molecule has 6 nitrogen and oxygen atoms in total. The number of halogens is 1. The monoisotopic (exact) mass is 297 g/mol. The maximum Gasteiger partial charge on any atom is 0.224 e. The molecule has 2 N–H and O–H groups in total. The van der Waals surface area contributed by atoms with Gasteiger partial charge in [-0.2, -0.15) is 4.98 Å². The minimum absolute atomic E-state index is 0.0557. The minimum atomic E-state index is -0.444. The average molecular weight is 297 g/mol. The molecule has 7 heteroatoms. The van der Waals surface area contributed by atoms with E-state index in [9.17, 15) is 4.39 Å². The molecule has 1 aromatic rings. The second-order valence-corrected chi connectivity index (χ2v) is 5.08. The molecular weight excluding hydrogens is 273 g/mol. The predicted octanol–water partition coefficient (Wildman–Crippen LogP) is 1.57. The molecule has 1 atom stereocenters. The fourth-order valence-corrected chi connectivity index (χ4v) is 2.21. The third kappa shape index (κ3) is 4.78. The summed E-state index contributed by atoms with van der Waals surface area (Å²) in [4.78, 5) is 10.4. The van der Waals surface area contributed by atoms with Crippen LogP contribution in [0, 0.1) is 5.82 Å². The molecule has 2 heterocycles. The van der Waals surface area contributed by atoms with E-state index < -0.39 is 5.82 Å². The van der Waals surface area contributed by atoms with Crippen molar-refractivity contribution in [2.45, 2.75) is 26.4 Å². The van der Waals surface area contributed by atoms with E-state index in [1.807, 2.05) is 0 Å². The van der Waals surface area contributed by atoms with Crippen molar-refractivity contribution >= 4 is 11.8 Å². The van der Waals surface area contributed by atoms with Crippen LogP contribution in [0.4, 0.5) is 16.2 Å². The highest BCUT2D eigenvalue weighted by molar-refractivity contribution is 5.41. The van der Waals surface area contributed by atoms with Gasteiger partial charge in [0.05, 0.1) is 18.9 Å². The molecule has 0 saturated carbocycles. The van der Waals surface area contributed by atoms with E-state index in [0.717, 1.165) is 39.2 Å². The van der Waals surface area contributed by atoms with Gasteiger partial charge in [-0.05, 0) is 13.0 Å². The van der Waals surface area contributed by atoms with Gasteiger partial charge in [-0.1, -0.05) is 13.8 Å². The molecule has 0 bridgehead atoms. The van der Waals surface area contributed by atoms with Crippen LogP contribution in [-0.4, -0.2) is 60.3 Å². The molecule has 1 aliphatic rings. The van der Waals surface area contributed by atoms with Crippen LogP contribution in [0.2, 0.25) is 0 Å². The van der Waals surface area contributed by atoms with E-state index in [2.05, 4.69) is 39.3 Å². The van der Waals surface area contributed by atoms with E-state index in [4.69, 9.17) is 4.74 Å². The van der Waals surface area contributed by atoms with Crippen LogP contribution in [0.15, 0.2) is 6.20 Å². The summed E-state index contributed by atoms with van der Waals surface area (Å²) in [6.45, 7) is 9.03. The summed E-state index contributed by atoms with van der Waals surface area (Å²) in [6, 6.07) is 0. The van der Waals surface area contributed by atoms with Crippen molar-refractivity contribution in [3.05, 3.63) is 12.0 Å². The zero-order valence-corrected chi connectivity index (χ0v) is 12.7. The molecule has 1 fully saturated rings. The van der Waals surface area contributed by atoms with E-state index in [0.29, 0.717) is 12.5 Å². The van der Waals surface area contributed by atoms with Crippen molar-refractivity contribution in [2.75, 3.05) is 50.0 Å². The molecule has 0 aromatic carbocycles. The highest BCUT2D eigenvalue weighted by Gasteiger charge is 2.19. The van der Waals surface area contributed by atoms with Crippen LogP contribution in [0.25, 0.3) is 0 Å². The van der Waals surface area contributed by atoms with Gasteiger partial charge in [-0.25, -0.2) is 9.37 Å². The lowest BCUT2D eigenvalue weighted by molar-refractivity contribution is -0.0192. The fourth-order valence-electron chi connectivity index (χ4n) is 2.21. The quantitative estimate of drug-likeness (QED) is 0.796. The fraction of sp³-hybridized carbons (Fsp3) is 0.714. The van der Waals surface area contributed by atoms with Gasteiger partial charge in [0.15, 0.2) is 11.6 Å². The highest BCUT2D eigenvalue weighted by atomic mass is 19.1. The van der Waals surface area contributed by atoms with Gasteiger partial charge in [0.1, 0.15) is 0 Å². The lowest BCUT2D eigenvalue weighted by Crippen LogP contribution is -2.45. The summed E-state index contributed by atoms with van der Waals surface area (Å²) >= 11 is 0. The number of nitrogens with zero attached hydrogens (tertiary/aromatic N) is 3. The van der Waals surface area contributed by atoms with Crippen molar-refractivity contribution < 1.29 is 9.13 Å². The number of anilines is 2. The second-order valence-electron chi connectivity index (χ2n) is 5.08. The third-order valence-electron chi connectivity index (χ3n) is 3.44. The van der Waals surface area contributed by atoms with Gasteiger partial charge >= 0.3 is 0 Å². The summed E-state index contributed by atoms with van der Waals surface area (Å²) < 4.78 is 19.4. The third-order valence-corrected chi connectivity index (χ3v) is 3.44. The number of rotatable bonds is 7. The van der Waals surface area contributed by atoms with Crippen LogP contribution in [-0.2, 0) is 4.74 Å². The molecule has 0 spiro atoms. The molecular formula is C14H24FN5O. The topological polar surface area (TPSA) is 62.3 Å². The lowest BCUT2D eigenvalue weighted by atomic mass is 10.2. The van der Waals surface area contributed by atoms with Gasteiger partial charge in [0, 0.05) is 26.2 Å². The van der Waals surface area contributed by atoms with Crippen LogP contribution in [0.3, 0.4) is 0 Å². The van der Waals surface area contributed by atoms with Gasteiger partial charge in [-0.3, -0.25) is 4.90 Å². The summed E-state index contributed by atoms with van der Waals surface area (Å²) in [7, 11) is 0. The van der Waals surface area contributed by atoms with E-state index >= 15 is 0 Å². The maximum absolute atomic E-state index is 13.7. The van der Waals surface area contributed by atoms with Crippen molar-refractivity contribution in [1.29, 1.82) is 0 Å². The van der Waals surface area contributed by atoms with E-state index in [-0.39, 0.29) is 11.9 Å². The van der Waals surface area contributed by atoms with Crippen LogP contribution in [0.5, 0.6) is 0 Å². The van der Waals surface area contributed by atoms with Gasteiger partial charge < -0.3 is 15.4 Å². The van der Waals surface area contributed by atoms with Gasteiger partial charge in [0.25, 0.3) is 0 Å². The number of hydrogen-bond acceptors (Lipinski definition) is 6. The molecule has 2 rings (SSSR count). The predicted molar refractivity (Wildman–Crippen MR) is 81.1 cm³/mol. The summed E-state index contributed by atoms with van der Waals surface area (Å²) in [6.07, 6.45) is 2.21. The Labute approximate surface area is 125 Å². The lowest BCUT2D eigenvalue weighted by Gasteiger charge is -2.32. The number of aromatic nitrogens is 2. The van der Waals surface area contributed by atoms with Crippen LogP contribution >= 0.6 is 0 Å². The number of morpholine rings is 1. The standard InChI is InChI=1S/C14H24FN5O/c1-3-5-16-14-18-9-12(15)13(19-14)17-8-11-10-20(4-2)6-7-21-11/h9,11H,3-8,10H2,1-2H3,(H2,16,17,18,19). The van der Waals surface area contributed by atoms with Crippen molar-refractivity contribution in [2.24, 2.45) is 0 Å². The first kappa shape index (κ1) is 15.9. The SMILES string of the molecule is CCCNc1ncc(F)c(NCC2CN(CC)CCO2)n1. The summed E-state index contributed by atoms with van der Waals surface area (Å²) in [5.74, 6) is 0.224. The van der Waals surface area contributed by atoms with Crippen LogP contribution < -0.4 is 10.6 Å². The number of likely N-dealkylation sites (N-methyl/N-ethyl adjacent to an activating group) is 1. The molecule has 0 aliphatic carbocycles. The average Bonchev–Trinajstić information content (AvgIpc) is 2.53.